The maximum Gasteiger partial charge on any atom is 0.147 e. The summed E-state index contributed by atoms with van der Waals surface area (Å²) in [5, 5.41) is 19.7. The summed E-state index contributed by atoms with van der Waals surface area (Å²) in [6.07, 6.45) is 0. The summed E-state index contributed by atoms with van der Waals surface area (Å²) in [6, 6.07) is 10.3. The van der Waals surface area contributed by atoms with Gasteiger partial charge in [-0.3, -0.25) is 0 Å². The normalized spacial score (nSPS) is 10.4. The number of halogens is 2. The first kappa shape index (κ1) is 11.1. The molecule has 0 bridgehead atoms. The summed E-state index contributed by atoms with van der Waals surface area (Å²) in [5.41, 5.74) is 0.964. The van der Waals surface area contributed by atoms with Gasteiger partial charge in [0.1, 0.15) is 16.5 Å². The summed E-state index contributed by atoms with van der Waals surface area (Å²) in [6.45, 7) is 0. The van der Waals surface area contributed by atoms with Gasteiger partial charge < -0.3 is 10.2 Å². The zero-order valence-corrected chi connectivity index (χ0v) is 9.63. The van der Waals surface area contributed by atoms with Gasteiger partial charge in [0.2, 0.25) is 0 Å². The van der Waals surface area contributed by atoms with Crippen LogP contribution in [-0.4, -0.2) is 10.2 Å². The molecule has 0 aliphatic rings. The van der Waals surface area contributed by atoms with E-state index in [1.54, 1.807) is 24.3 Å². The molecule has 2 nitrogen and oxygen atoms in total. The Kier molecular flexibility index (Phi) is 2.95. The maximum atomic E-state index is 9.84. The average molecular weight is 255 g/mol. The van der Waals surface area contributed by atoms with E-state index in [0.29, 0.717) is 5.56 Å². The highest BCUT2D eigenvalue weighted by molar-refractivity contribution is 6.43. The van der Waals surface area contributed by atoms with E-state index in [9.17, 15) is 10.2 Å². The van der Waals surface area contributed by atoms with Crippen LogP contribution in [0.5, 0.6) is 11.5 Å². The van der Waals surface area contributed by atoms with E-state index in [-0.39, 0.29) is 27.1 Å². The molecule has 2 aromatic carbocycles. The van der Waals surface area contributed by atoms with E-state index < -0.39 is 0 Å². The molecule has 16 heavy (non-hydrogen) atoms. The van der Waals surface area contributed by atoms with Gasteiger partial charge in [-0.2, -0.15) is 0 Å². The van der Waals surface area contributed by atoms with Gasteiger partial charge in [0, 0.05) is 6.07 Å². The van der Waals surface area contributed by atoms with Crippen LogP contribution in [0.25, 0.3) is 11.1 Å². The number of phenolic OH excluding ortho intramolecular Hbond substituents is 2. The van der Waals surface area contributed by atoms with Crippen molar-refractivity contribution in [2.75, 3.05) is 0 Å². The Hall–Kier alpha value is -1.38. The van der Waals surface area contributed by atoms with Crippen molar-refractivity contribution in [2.45, 2.75) is 0 Å². The number of benzene rings is 2. The van der Waals surface area contributed by atoms with E-state index in [0.717, 1.165) is 0 Å². The molecule has 82 valence electrons. The van der Waals surface area contributed by atoms with Crippen molar-refractivity contribution in [2.24, 2.45) is 0 Å². The highest BCUT2D eigenvalue weighted by Gasteiger charge is 2.16. The Bertz CT molecular complexity index is 524. The van der Waals surface area contributed by atoms with Gasteiger partial charge in [-0.05, 0) is 5.56 Å². The van der Waals surface area contributed by atoms with Crippen LogP contribution in [0.15, 0.2) is 36.4 Å². The molecule has 0 heterocycles. The Labute approximate surface area is 103 Å². The highest BCUT2D eigenvalue weighted by atomic mass is 35.5. The van der Waals surface area contributed by atoms with Crippen molar-refractivity contribution in [3.8, 4) is 22.6 Å². The molecule has 0 fully saturated rings. The predicted molar refractivity (Wildman–Crippen MR) is 65.2 cm³/mol. The van der Waals surface area contributed by atoms with Crippen LogP contribution in [-0.2, 0) is 0 Å². The van der Waals surface area contributed by atoms with Crippen LogP contribution < -0.4 is 0 Å². The number of rotatable bonds is 1. The Morgan fingerprint density at radius 2 is 1.56 bits per heavy atom. The second-order valence-corrected chi connectivity index (χ2v) is 4.07. The van der Waals surface area contributed by atoms with Crippen molar-refractivity contribution >= 4 is 23.2 Å². The van der Waals surface area contributed by atoms with Crippen LogP contribution >= 0.6 is 23.2 Å². The third kappa shape index (κ3) is 1.82. The Morgan fingerprint density at radius 1 is 0.938 bits per heavy atom. The molecule has 0 saturated heterocycles. The lowest BCUT2D eigenvalue weighted by Crippen LogP contribution is -1.82. The van der Waals surface area contributed by atoms with E-state index in [1.165, 1.54) is 6.07 Å². The van der Waals surface area contributed by atoms with Gasteiger partial charge in [0.05, 0.1) is 10.6 Å². The number of aromatic hydroxyl groups is 2. The largest absolute Gasteiger partial charge is 0.507 e. The molecule has 2 rings (SSSR count). The fraction of sp³-hybridized carbons (Fsp3) is 0. The molecule has 0 saturated carbocycles. The molecule has 0 aliphatic carbocycles. The molecule has 0 atom stereocenters. The van der Waals surface area contributed by atoms with Crippen molar-refractivity contribution in [1.29, 1.82) is 0 Å². The minimum Gasteiger partial charge on any atom is -0.507 e. The van der Waals surface area contributed by atoms with Gasteiger partial charge in [-0.25, -0.2) is 0 Å². The van der Waals surface area contributed by atoms with Crippen molar-refractivity contribution in [3.05, 3.63) is 46.4 Å². The number of hydrogen-bond acceptors (Lipinski definition) is 2. The molecule has 0 spiro atoms. The molecule has 0 amide bonds. The average Bonchev–Trinajstić information content (AvgIpc) is 2.28. The molecule has 2 aromatic rings. The van der Waals surface area contributed by atoms with Gasteiger partial charge in [0.15, 0.2) is 0 Å². The zero-order chi connectivity index (χ0) is 11.7. The fourth-order valence-corrected chi connectivity index (χ4v) is 1.83. The highest BCUT2D eigenvalue weighted by Crippen LogP contribution is 2.45. The Morgan fingerprint density at radius 3 is 2.19 bits per heavy atom. The van der Waals surface area contributed by atoms with E-state index >= 15 is 0 Å². The third-order valence-corrected chi connectivity index (χ3v) is 3.01. The van der Waals surface area contributed by atoms with E-state index in [4.69, 9.17) is 23.2 Å². The molecule has 2 N–H and O–H groups in total. The van der Waals surface area contributed by atoms with E-state index in [1.807, 2.05) is 6.07 Å². The summed E-state index contributed by atoms with van der Waals surface area (Å²) < 4.78 is 0. The van der Waals surface area contributed by atoms with Crippen molar-refractivity contribution in [3.63, 3.8) is 0 Å². The minimum absolute atomic E-state index is 0.0401. The molecular formula is C12H8Cl2O2. The SMILES string of the molecule is Oc1cc(Cl)c(Cl)c(O)c1-c1ccccc1. The molecule has 0 aromatic heterocycles. The second kappa shape index (κ2) is 4.24. The fourth-order valence-electron chi connectivity index (χ4n) is 1.49. The van der Waals surface area contributed by atoms with Crippen LogP contribution in [0.3, 0.4) is 0 Å². The van der Waals surface area contributed by atoms with Crippen LogP contribution in [0, 0.1) is 0 Å². The quantitative estimate of drug-likeness (QED) is 0.806. The lowest BCUT2D eigenvalue weighted by atomic mass is 10.0. The number of phenols is 2. The number of hydrogen-bond donors (Lipinski definition) is 2. The van der Waals surface area contributed by atoms with Gasteiger partial charge in [0.25, 0.3) is 0 Å². The monoisotopic (exact) mass is 254 g/mol. The molecule has 0 unspecified atom stereocenters. The summed E-state index contributed by atoms with van der Waals surface area (Å²) in [4.78, 5) is 0. The topological polar surface area (TPSA) is 40.5 Å². The summed E-state index contributed by atoms with van der Waals surface area (Å²) in [7, 11) is 0. The first-order valence-corrected chi connectivity index (χ1v) is 5.32. The van der Waals surface area contributed by atoms with Crippen LogP contribution in [0.2, 0.25) is 10.0 Å². The van der Waals surface area contributed by atoms with Gasteiger partial charge >= 0.3 is 0 Å². The van der Waals surface area contributed by atoms with Crippen LogP contribution in [0.1, 0.15) is 0 Å². The van der Waals surface area contributed by atoms with Gasteiger partial charge in [-0.1, -0.05) is 53.5 Å². The van der Waals surface area contributed by atoms with Crippen molar-refractivity contribution in [1.82, 2.24) is 0 Å². The lowest BCUT2D eigenvalue weighted by Gasteiger charge is -2.10. The zero-order valence-electron chi connectivity index (χ0n) is 8.11. The maximum absolute atomic E-state index is 9.84. The lowest BCUT2D eigenvalue weighted by molar-refractivity contribution is 0.454. The molecule has 0 radical (unpaired) electrons. The summed E-state index contributed by atoms with van der Waals surface area (Å²) in [5.74, 6) is -0.309. The van der Waals surface area contributed by atoms with Crippen LogP contribution in [0.4, 0.5) is 0 Å². The smallest absolute Gasteiger partial charge is 0.147 e. The third-order valence-electron chi connectivity index (χ3n) is 2.24. The molecule has 4 heteroatoms. The molecule has 0 aliphatic heterocycles. The standard InChI is InChI=1S/C12H8Cl2O2/c13-8-6-9(15)10(12(16)11(8)14)7-4-2-1-3-5-7/h1-6,15-16H. The Balaban J connectivity index is 2.71. The first-order valence-electron chi connectivity index (χ1n) is 4.56. The van der Waals surface area contributed by atoms with Crippen molar-refractivity contribution < 1.29 is 10.2 Å². The molecular weight excluding hydrogens is 247 g/mol. The minimum atomic E-state index is -0.210. The van der Waals surface area contributed by atoms with Gasteiger partial charge in [-0.15, -0.1) is 0 Å². The summed E-state index contributed by atoms with van der Waals surface area (Å²) >= 11 is 11.5. The van der Waals surface area contributed by atoms with E-state index in [2.05, 4.69) is 0 Å². The predicted octanol–water partition coefficient (Wildman–Crippen LogP) is 4.07. The first-order chi connectivity index (χ1) is 7.61. The second-order valence-electron chi connectivity index (χ2n) is 3.28.